The molecule has 0 aliphatic heterocycles. The first-order valence-electron chi connectivity index (χ1n) is 6.94. The van der Waals surface area contributed by atoms with Crippen molar-refractivity contribution >= 4 is 15.6 Å². The van der Waals surface area contributed by atoms with Gasteiger partial charge in [0.2, 0.25) is 0 Å². The molecule has 2 unspecified atom stereocenters. The minimum Gasteiger partial charge on any atom is -0.300 e. The van der Waals surface area contributed by atoms with Crippen LogP contribution in [0.3, 0.4) is 0 Å². The molecule has 0 spiro atoms. The van der Waals surface area contributed by atoms with Crippen LogP contribution in [0, 0.1) is 12.8 Å². The second-order valence-electron chi connectivity index (χ2n) is 5.76. The third-order valence-electron chi connectivity index (χ3n) is 4.04. The van der Waals surface area contributed by atoms with Crippen molar-refractivity contribution in [2.75, 3.05) is 0 Å². The molecule has 0 fully saturated rings. The lowest BCUT2D eigenvalue weighted by molar-refractivity contribution is -0.117. The quantitative estimate of drug-likeness (QED) is 0.858. The Morgan fingerprint density at radius 2 is 1.81 bits per heavy atom. The lowest BCUT2D eigenvalue weighted by atomic mass is 9.85. The Hall–Kier alpha value is -1.68. The van der Waals surface area contributed by atoms with E-state index in [1.807, 2.05) is 13.0 Å². The summed E-state index contributed by atoms with van der Waals surface area (Å²) in [4.78, 5) is 11.8. The maximum atomic E-state index is 13.0. The molecule has 112 valence electrons. The van der Waals surface area contributed by atoms with Crippen LogP contribution in [-0.4, -0.2) is 18.9 Å². The summed E-state index contributed by atoms with van der Waals surface area (Å²) in [6, 6.07) is 6.84. The number of Topliss-reactive ketones (excluding diaryl/α,β-unsaturated/α-hetero) is 1. The van der Waals surface area contributed by atoms with Crippen LogP contribution in [0.1, 0.15) is 25.8 Å². The Morgan fingerprint density at radius 1 is 1.19 bits per heavy atom. The van der Waals surface area contributed by atoms with Crippen LogP contribution >= 0.6 is 0 Å². The van der Waals surface area contributed by atoms with Gasteiger partial charge in [-0.05, 0) is 32.9 Å². The molecule has 1 aromatic rings. The van der Waals surface area contributed by atoms with Gasteiger partial charge in [0.25, 0.3) is 0 Å². The molecular formula is C17H20O3S. The van der Waals surface area contributed by atoms with Crippen molar-refractivity contribution < 1.29 is 13.2 Å². The van der Waals surface area contributed by atoms with Crippen LogP contribution in [0.15, 0.2) is 53.5 Å². The molecule has 21 heavy (non-hydrogen) atoms. The van der Waals surface area contributed by atoms with E-state index in [0.29, 0.717) is 4.90 Å². The number of ketones is 1. The van der Waals surface area contributed by atoms with Crippen LogP contribution in [0.4, 0.5) is 0 Å². The van der Waals surface area contributed by atoms with Crippen LogP contribution in [0.5, 0.6) is 0 Å². The summed E-state index contributed by atoms with van der Waals surface area (Å²) >= 11 is 0. The zero-order valence-corrected chi connectivity index (χ0v) is 13.4. The molecule has 2 atom stereocenters. The highest BCUT2D eigenvalue weighted by atomic mass is 32.2. The number of rotatable bonds is 4. The first-order chi connectivity index (χ1) is 9.77. The van der Waals surface area contributed by atoms with Gasteiger partial charge in [0.15, 0.2) is 9.84 Å². The van der Waals surface area contributed by atoms with Crippen molar-refractivity contribution in [3.05, 3.63) is 54.1 Å². The normalized spacial score (nSPS) is 25.0. The highest BCUT2D eigenvalue weighted by Gasteiger charge is 2.44. The molecule has 1 aliphatic carbocycles. The summed E-state index contributed by atoms with van der Waals surface area (Å²) in [7, 11) is -3.56. The summed E-state index contributed by atoms with van der Waals surface area (Å²) in [5.74, 6) is -0.350. The van der Waals surface area contributed by atoms with E-state index in [1.54, 1.807) is 49.4 Å². The van der Waals surface area contributed by atoms with E-state index in [0.717, 1.165) is 5.56 Å². The Labute approximate surface area is 126 Å². The average molecular weight is 304 g/mol. The van der Waals surface area contributed by atoms with Crippen molar-refractivity contribution in [2.24, 2.45) is 5.92 Å². The zero-order chi connectivity index (χ0) is 15.7. The number of carbonyl (C=O) groups excluding carboxylic acids is 1. The third-order valence-corrected chi connectivity index (χ3v) is 6.53. The maximum Gasteiger partial charge on any atom is 0.187 e. The van der Waals surface area contributed by atoms with E-state index in [1.165, 1.54) is 6.92 Å². The summed E-state index contributed by atoms with van der Waals surface area (Å²) in [5, 5.41) is 0. The first-order valence-corrected chi connectivity index (χ1v) is 8.42. The minimum atomic E-state index is -3.56. The van der Waals surface area contributed by atoms with E-state index in [-0.39, 0.29) is 18.1 Å². The second kappa shape index (κ2) is 5.60. The number of benzene rings is 1. The van der Waals surface area contributed by atoms with Gasteiger partial charge in [-0.25, -0.2) is 8.42 Å². The Kier molecular flexibility index (Phi) is 4.19. The minimum absolute atomic E-state index is 0.00900. The fourth-order valence-corrected chi connectivity index (χ4v) is 4.42. The Bertz CT molecular complexity index is 696. The smallest absolute Gasteiger partial charge is 0.187 e. The molecule has 1 aromatic carbocycles. The molecule has 0 N–H and O–H groups in total. The number of sulfone groups is 1. The van der Waals surface area contributed by atoms with Gasteiger partial charge in [0.1, 0.15) is 5.78 Å². The fourth-order valence-electron chi connectivity index (χ4n) is 2.60. The zero-order valence-electron chi connectivity index (χ0n) is 12.5. The fraction of sp³-hybridized carbons (Fsp3) is 0.353. The molecule has 0 saturated carbocycles. The van der Waals surface area contributed by atoms with Gasteiger partial charge in [0.05, 0.1) is 9.64 Å². The summed E-state index contributed by atoms with van der Waals surface area (Å²) in [6.45, 7) is 5.10. The van der Waals surface area contributed by atoms with Crippen molar-refractivity contribution in [1.29, 1.82) is 0 Å². The van der Waals surface area contributed by atoms with Gasteiger partial charge in [-0.15, -0.1) is 0 Å². The predicted octanol–water partition coefficient (Wildman–Crippen LogP) is 3.25. The van der Waals surface area contributed by atoms with E-state index in [9.17, 15) is 13.2 Å². The third kappa shape index (κ3) is 2.86. The van der Waals surface area contributed by atoms with Gasteiger partial charge in [-0.3, -0.25) is 0 Å². The van der Waals surface area contributed by atoms with E-state index in [2.05, 4.69) is 0 Å². The molecule has 1 aliphatic rings. The second-order valence-corrected chi connectivity index (χ2v) is 8.11. The molecule has 0 bridgehead atoms. The average Bonchev–Trinajstić information content (AvgIpc) is 2.41. The molecule has 3 nitrogen and oxygen atoms in total. The van der Waals surface area contributed by atoms with Gasteiger partial charge >= 0.3 is 0 Å². The lowest BCUT2D eigenvalue weighted by Crippen LogP contribution is -2.42. The topological polar surface area (TPSA) is 51.2 Å². The molecule has 0 saturated heterocycles. The molecular weight excluding hydrogens is 284 g/mol. The standard InChI is InChI=1S/C17H20O3S/c1-13-7-9-16(10-8-13)21(19,20)17(3)11-5-4-6-15(17)12-14(2)18/h4-11,15H,12H2,1-3H3. The number of aryl methyl sites for hydroxylation is 1. The summed E-state index contributed by atoms with van der Waals surface area (Å²) < 4.78 is 24.9. The number of hydrogen-bond acceptors (Lipinski definition) is 3. The van der Waals surface area contributed by atoms with Crippen LogP contribution in [-0.2, 0) is 14.6 Å². The molecule has 2 rings (SSSR count). The highest BCUT2D eigenvalue weighted by Crippen LogP contribution is 2.38. The Morgan fingerprint density at radius 3 is 2.38 bits per heavy atom. The molecule has 0 aromatic heterocycles. The lowest BCUT2D eigenvalue weighted by Gasteiger charge is -2.34. The van der Waals surface area contributed by atoms with Crippen molar-refractivity contribution in [3.8, 4) is 0 Å². The van der Waals surface area contributed by atoms with Crippen LogP contribution in [0.25, 0.3) is 0 Å². The SMILES string of the molecule is CC(=O)CC1C=CC=CC1(C)S(=O)(=O)c1ccc(C)cc1. The number of allylic oxidation sites excluding steroid dienone is 3. The molecule has 0 amide bonds. The highest BCUT2D eigenvalue weighted by molar-refractivity contribution is 7.93. The van der Waals surface area contributed by atoms with Crippen molar-refractivity contribution in [3.63, 3.8) is 0 Å². The van der Waals surface area contributed by atoms with Crippen LogP contribution < -0.4 is 0 Å². The monoisotopic (exact) mass is 304 g/mol. The van der Waals surface area contributed by atoms with Crippen LogP contribution in [0.2, 0.25) is 0 Å². The molecule has 0 heterocycles. The van der Waals surface area contributed by atoms with Gasteiger partial charge < -0.3 is 4.79 Å². The number of hydrogen-bond donors (Lipinski definition) is 0. The summed E-state index contributed by atoms with van der Waals surface area (Å²) in [5.41, 5.74) is 1.01. The van der Waals surface area contributed by atoms with Gasteiger partial charge in [-0.1, -0.05) is 42.0 Å². The first kappa shape index (κ1) is 15.7. The summed E-state index contributed by atoms with van der Waals surface area (Å²) in [6.07, 6.45) is 7.27. The van der Waals surface area contributed by atoms with E-state index in [4.69, 9.17) is 0 Å². The van der Waals surface area contributed by atoms with E-state index >= 15 is 0 Å². The molecule has 0 radical (unpaired) electrons. The maximum absolute atomic E-state index is 13.0. The van der Waals surface area contributed by atoms with Crippen molar-refractivity contribution in [2.45, 2.75) is 36.8 Å². The van der Waals surface area contributed by atoms with E-state index < -0.39 is 14.6 Å². The predicted molar refractivity (Wildman–Crippen MR) is 83.8 cm³/mol. The largest absolute Gasteiger partial charge is 0.300 e. The van der Waals surface area contributed by atoms with Crippen molar-refractivity contribution in [1.82, 2.24) is 0 Å². The number of carbonyl (C=O) groups is 1. The van der Waals surface area contributed by atoms with Gasteiger partial charge in [0, 0.05) is 12.3 Å². The molecule has 4 heteroatoms. The Balaban J connectivity index is 2.49. The van der Waals surface area contributed by atoms with Gasteiger partial charge in [-0.2, -0.15) is 0 Å².